The summed E-state index contributed by atoms with van der Waals surface area (Å²) in [7, 11) is 0. The fourth-order valence-electron chi connectivity index (χ4n) is 10.2. The molecule has 0 saturated carbocycles. The highest BCUT2D eigenvalue weighted by atomic mass is 15.1. The zero-order valence-electron chi connectivity index (χ0n) is 35.7. The van der Waals surface area contributed by atoms with Crippen LogP contribution in [-0.4, -0.2) is 0 Å². The van der Waals surface area contributed by atoms with Crippen molar-refractivity contribution in [3.63, 3.8) is 0 Å². The molecule has 0 spiro atoms. The summed E-state index contributed by atoms with van der Waals surface area (Å²) in [6.07, 6.45) is 0. The molecule has 9 aromatic carbocycles. The molecule has 0 unspecified atom stereocenters. The molecule has 0 heterocycles. The van der Waals surface area contributed by atoms with Crippen molar-refractivity contribution < 1.29 is 0 Å². The molecular formula is C60H48N2. The van der Waals surface area contributed by atoms with Gasteiger partial charge in [0.25, 0.3) is 0 Å². The molecule has 0 N–H and O–H groups in total. The van der Waals surface area contributed by atoms with Crippen molar-refractivity contribution in [1.29, 1.82) is 0 Å². The smallest absolute Gasteiger partial charge is 0.0468 e. The molecule has 0 bridgehead atoms. The van der Waals surface area contributed by atoms with Gasteiger partial charge in [0.1, 0.15) is 0 Å². The van der Waals surface area contributed by atoms with E-state index in [0.717, 1.165) is 34.1 Å². The van der Waals surface area contributed by atoms with Gasteiger partial charge in [-0.3, -0.25) is 0 Å². The largest absolute Gasteiger partial charge is 0.311 e. The van der Waals surface area contributed by atoms with E-state index in [1.807, 2.05) is 0 Å². The lowest BCUT2D eigenvalue weighted by atomic mass is 9.82. The number of hydrogen-bond donors (Lipinski definition) is 0. The number of nitrogens with zero attached hydrogens (tertiary/aromatic N) is 2. The van der Waals surface area contributed by atoms with E-state index < -0.39 is 0 Å². The number of anilines is 6. The summed E-state index contributed by atoms with van der Waals surface area (Å²) < 4.78 is 0. The summed E-state index contributed by atoms with van der Waals surface area (Å²) in [5.41, 5.74) is 22.3. The highest BCUT2D eigenvalue weighted by molar-refractivity contribution is 5.90. The lowest BCUT2D eigenvalue weighted by molar-refractivity contribution is 0.660. The Morgan fingerprint density at radius 3 is 0.903 bits per heavy atom. The van der Waals surface area contributed by atoms with Gasteiger partial charge in [0, 0.05) is 45.0 Å². The van der Waals surface area contributed by atoms with Crippen LogP contribution < -0.4 is 9.80 Å². The molecule has 0 amide bonds. The van der Waals surface area contributed by atoms with Gasteiger partial charge < -0.3 is 9.80 Å². The van der Waals surface area contributed by atoms with Crippen molar-refractivity contribution in [2.75, 3.05) is 9.80 Å². The summed E-state index contributed by atoms with van der Waals surface area (Å²) in [5.74, 6) is 0. The minimum absolute atomic E-state index is 0.0509. The fraction of sp³-hybridized carbons (Fsp3) is 0.100. The fourth-order valence-corrected chi connectivity index (χ4v) is 10.2. The lowest BCUT2D eigenvalue weighted by Crippen LogP contribution is -2.16. The highest BCUT2D eigenvalue weighted by Crippen LogP contribution is 2.53. The molecule has 0 aromatic heterocycles. The van der Waals surface area contributed by atoms with Gasteiger partial charge in [-0.2, -0.15) is 0 Å². The minimum Gasteiger partial charge on any atom is -0.311 e. The first kappa shape index (κ1) is 37.6. The van der Waals surface area contributed by atoms with E-state index in [-0.39, 0.29) is 10.8 Å². The maximum Gasteiger partial charge on any atom is 0.0468 e. The van der Waals surface area contributed by atoms with E-state index in [4.69, 9.17) is 0 Å². The van der Waals surface area contributed by atoms with Crippen LogP contribution in [0.1, 0.15) is 49.9 Å². The van der Waals surface area contributed by atoms with Gasteiger partial charge in [0.05, 0.1) is 0 Å². The molecule has 0 saturated heterocycles. The van der Waals surface area contributed by atoms with Crippen LogP contribution >= 0.6 is 0 Å². The molecular weight excluding hydrogens is 749 g/mol. The second kappa shape index (κ2) is 14.6. The van der Waals surface area contributed by atoms with Gasteiger partial charge in [0.2, 0.25) is 0 Å². The number of fused-ring (bicyclic) bond motifs is 6. The monoisotopic (exact) mass is 796 g/mol. The molecule has 9 aromatic rings. The molecule has 11 rings (SSSR count). The maximum atomic E-state index is 2.44. The normalized spacial score (nSPS) is 13.7. The van der Waals surface area contributed by atoms with E-state index in [1.165, 1.54) is 66.8 Å². The van der Waals surface area contributed by atoms with Gasteiger partial charge in [-0.1, -0.05) is 173 Å². The van der Waals surface area contributed by atoms with Gasteiger partial charge >= 0.3 is 0 Å². The zero-order valence-corrected chi connectivity index (χ0v) is 35.7. The minimum atomic E-state index is -0.0509. The molecule has 0 radical (unpaired) electrons. The Morgan fingerprint density at radius 2 is 0.516 bits per heavy atom. The van der Waals surface area contributed by atoms with Gasteiger partial charge in [0.15, 0.2) is 0 Å². The molecule has 62 heavy (non-hydrogen) atoms. The number of benzene rings is 9. The Kier molecular flexibility index (Phi) is 8.87. The molecule has 2 aliphatic carbocycles. The van der Waals surface area contributed by atoms with Crippen LogP contribution in [0.5, 0.6) is 0 Å². The molecule has 2 heteroatoms. The summed E-state index contributed by atoms with van der Waals surface area (Å²) >= 11 is 0. The molecule has 0 aliphatic heterocycles. The van der Waals surface area contributed by atoms with Crippen molar-refractivity contribution in [2.24, 2.45) is 0 Å². The average Bonchev–Trinajstić information content (AvgIpc) is 3.69. The van der Waals surface area contributed by atoms with E-state index in [0.29, 0.717) is 0 Å². The SMILES string of the molecule is CC1(C)c2ccccc2-c2cc(N(c3ccc(-c4ccc(-c5ccc(N(c6ccccc6)c6ccccc6)cc5)cc4)cc3)c3ccc4c(c3)-c3ccccc3C4(C)C)ccc21. The van der Waals surface area contributed by atoms with Crippen LogP contribution in [0.2, 0.25) is 0 Å². The lowest BCUT2D eigenvalue weighted by Gasteiger charge is -2.28. The second-order valence-corrected chi connectivity index (χ2v) is 17.8. The average molecular weight is 797 g/mol. The Balaban J connectivity index is 0.927. The second-order valence-electron chi connectivity index (χ2n) is 17.8. The van der Waals surface area contributed by atoms with Crippen molar-refractivity contribution in [3.05, 3.63) is 241 Å². The molecule has 298 valence electrons. The standard InChI is InChI=1S/C60H48N2/c1-59(2)55-21-13-11-19-51(55)53-39-49(35-37-57(53)59)62(50-36-38-58-54(40-50)52-20-12-14-22-56(52)60(58,3)4)48-33-29-44(30-34-48)42-25-23-41(24-26-42)43-27-31-47(32-28-43)61(45-15-7-5-8-16-45)46-17-9-6-10-18-46/h5-40H,1-4H3. The molecule has 2 nitrogen and oxygen atoms in total. The number of rotatable bonds is 8. The first-order valence-electron chi connectivity index (χ1n) is 21.8. The summed E-state index contributed by atoms with van der Waals surface area (Å²) in [6, 6.07) is 80.1. The third-order valence-electron chi connectivity index (χ3n) is 13.5. The first-order valence-corrected chi connectivity index (χ1v) is 21.8. The van der Waals surface area contributed by atoms with E-state index in [2.05, 4.69) is 256 Å². The summed E-state index contributed by atoms with van der Waals surface area (Å²) in [4.78, 5) is 4.74. The van der Waals surface area contributed by atoms with Crippen LogP contribution in [0.4, 0.5) is 34.1 Å². The zero-order chi connectivity index (χ0) is 42.0. The number of para-hydroxylation sites is 2. The topological polar surface area (TPSA) is 6.48 Å². The number of hydrogen-bond acceptors (Lipinski definition) is 2. The van der Waals surface area contributed by atoms with Crippen molar-refractivity contribution in [2.45, 2.75) is 38.5 Å². The van der Waals surface area contributed by atoms with Crippen LogP contribution in [-0.2, 0) is 10.8 Å². The Bertz CT molecular complexity index is 2940. The quantitative estimate of drug-likeness (QED) is 0.151. The van der Waals surface area contributed by atoms with Crippen LogP contribution in [0.15, 0.2) is 218 Å². The van der Waals surface area contributed by atoms with Gasteiger partial charge in [-0.05, 0) is 140 Å². The van der Waals surface area contributed by atoms with Crippen molar-refractivity contribution in [3.8, 4) is 44.5 Å². The first-order chi connectivity index (χ1) is 30.3. The van der Waals surface area contributed by atoms with Crippen molar-refractivity contribution in [1.82, 2.24) is 0 Å². The van der Waals surface area contributed by atoms with Crippen LogP contribution in [0.25, 0.3) is 44.5 Å². The van der Waals surface area contributed by atoms with E-state index >= 15 is 0 Å². The van der Waals surface area contributed by atoms with Crippen molar-refractivity contribution >= 4 is 34.1 Å². The Labute approximate surface area is 366 Å². The Morgan fingerprint density at radius 1 is 0.242 bits per heavy atom. The summed E-state index contributed by atoms with van der Waals surface area (Å²) in [5, 5.41) is 0. The van der Waals surface area contributed by atoms with Crippen LogP contribution in [0.3, 0.4) is 0 Å². The predicted octanol–water partition coefficient (Wildman–Crippen LogP) is 16.6. The highest BCUT2D eigenvalue weighted by Gasteiger charge is 2.37. The predicted molar refractivity (Wildman–Crippen MR) is 262 cm³/mol. The van der Waals surface area contributed by atoms with Gasteiger partial charge in [-0.25, -0.2) is 0 Å². The van der Waals surface area contributed by atoms with E-state index in [1.54, 1.807) is 0 Å². The third kappa shape index (κ3) is 6.17. The van der Waals surface area contributed by atoms with E-state index in [9.17, 15) is 0 Å². The molecule has 2 aliphatic rings. The maximum absolute atomic E-state index is 2.44. The molecule has 0 fully saturated rings. The van der Waals surface area contributed by atoms with Gasteiger partial charge in [-0.15, -0.1) is 0 Å². The summed E-state index contributed by atoms with van der Waals surface area (Å²) in [6.45, 7) is 9.40. The van der Waals surface area contributed by atoms with Crippen LogP contribution in [0, 0.1) is 0 Å². The Hall–Kier alpha value is -7.42. The molecule has 0 atom stereocenters. The third-order valence-corrected chi connectivity index (χ3v) is 13.5.